The predicted octanol–water partition coefficient (Wildman–Crippen LogP) is 4.28. The number of Topliss-reactive ketones (excluding diaryl/α,β-unsaturated/α-hetero) is 1. The van der Waals surface area contributed by atoms with Crippen molar-refractivity contribution in [3.63, 3.8) is 0 Å². The van der Waals surface area contributed by atoms with E-state index in [9.17, 15) is 18.0 Å². The monoisotopic (exact) mass is 294 g/mol. The highest BCUT2D eigenvalue weighted by molar-refractivity contribution is 6.01. The number of hydrogen-bond acceptors (Lipinski definition) is 2. The molecule has 0 amide bonds. The fourth-order valence-electron chi connectivity index (χ4n) is 2.11. The second kappa shape index (κ2) is 6.10. The largest absolute Gasteiger partial charge is 0.417 e. The van der Waals surface area contributed by atoms with Gasteiger partial charge >= 0.3 is 6.18 Å². The van der Waals surface area contributed by atoms with Crippen molar-refractivity contribution in [3.05, 3.63) is 71.3 Å². The Bertz CT molecular complexity index is 621. The van der Waals surface area contributed by atoms with Crippen molar-refractivity contribution in [2.45, 2.75) is 12.3 Å². The Kier molecular flexibility index (Phi) is 4.43. The van der Waals surface area contributed by atoms with Gasteiger partial charge in [0.05, 0.1) is 5.56 Å². The first-order valence-electron chi connectivity index (χ1n) is 6.23. The van der Waals surface area contributed by atoms with Crippen LogP contribution >= 0.6 is 0 Å². The van der Waals surface area contributed by atoms with Crippen LogP contribution in [-0.4, -0.2) is 12.9 Å². The maximum absolute atomic E-state index is 13.0. The molecule has 0 fully saturated rings. The second-order valence-electron chi connectivity index (χ2n) is 4.43. The van der Waals surface area contributed by atoms with Gasteiger partial charge in [-0.25, -0.2) is 0 Å². The Morgan fingerprint density at radius 3 is 2.14 bits per heavy atom. The second-order valence-corrected chi connectivity index (χ2v) is 4.43. The molecule has 0 bridgehead atoms. The van der Waals surface area contributed by atoms with Crippen molar-refractivity contribution in [1.82, 2.24) is 0 Å². The maximum Gasteiger partial charge on any atom is 0.417 e. The molecular formula is C16H13F3O2. The molecule has 0 heterocycles. The molecule has 0 aliphatic heterocycles. The molecule has 0 aliphatic rings. The number of benzene rings is 2. The molecule has 0 aliphatic carbocycles. The molecule has 5 heteroatoms. The highest BCUT2D eigenvalue weighted by atomic mass is 19.4. The summed E-state index contributed by atoms with van der Waals surface area (Å²) in [7, 11) is 1.30. The van der Waals surface area contributed by atoms with Crippen LogP contribution in [0.3, 0.4) is 0 Å². The molecule has 110 valence electrons. The molecule has 0 spiro atoms. The first-order valence-corrected chi connectivity index (χ1v) is 6.23. The van der Waals surface area contributed by atoms with E-state index in [4.69, 9.17) is 4.74 Å². The molecular weight excluding hydrogens is 281 g/mol. The van der Waals surface area contributed by atoms with Crippen molar-refractivity contribution in [2.75, 3.05) is 7.11 Å². The minimum Gasteiger partial charge on any atom is -0.369 e. The zero-order valence-corrected chi connectivity index (χ0v) is 11.2. The number of carbonyl (C=O) groups is 1. The van der Waals surface area contributed by atoms with E-state index in [1.807, 2.05) is 0 Å². The summed E-state index contributed by atoms with van der Waals surface area (Å²) in [5.74, 6) is -0.711. The fourth-order valence-corrected chi connectivity index (χ4v) is 2.11. The number of rotatable bonds is 4. The lowest BCUT2D eigenvalue weighted by atomic mass is 9.96. The summed E-state index contributed by atoms with van der Waals surface area (Å²) in [6.07, 6.45) is -5.64. The van der Waals surface area contributed by atoms with Crippen molar-refractivity contribution in [3.8, 4) is 0 Å². The number of ketones is 1. The van der Waals surface area contributed by atoms with Crippen LogP contribution in [0.4, 0.5) is 13.2 Å². The Morgan fingerprint density at radius 2 is 1.57 bits per heavy atom. The summed E-state index contributed by atoms with van der Waals surface area (Å²) in [5, 5.41) is 0. The van der Waals surface area contributed by atoms with E-state index in [1.54, 1.807) is 30.3 Å². The van der Waals surface area contributed by atoms with Crippen LogP contribution in [-0.2, 0) is 10.9 Å². The van der Waals surface area contributed by atoms with Gasteiger partial charge in [-0.15, -0.1) is 0 Å². The van der Waals surface area contributed by atoms with Gasteiger partial charge in [-0.3, -0.25) is 4.79 Å². The van der Waals surface area contributed by atoms with Crippen LogP contribution in [0.1, 0.15) is 27.6 Å². The van der Waals surface area contributed by atoms with E-state index >= 15 is 0 Å². The molecule has 0 N–H and O–H groups in total. The molecule has 0 aromatic heterocycles. The Hall–Kier alpha value is -2.14. The lowest BCUT2D eigenvalue weighted by Gasteiger charge is -2.17. The van der Waals surface area contributed by atoms with Crippen molar-refractivity contribution in [1.29, 1.82) is 0 Å². The highest BCUT2D eigenvalue weighted by Crippen LogP contribution is 2.34. The number of halogens is 3. The first kappa shape index (κ1) is 15.3. The third-order valence-corrected chi connectivity index (χ3v) is 3.07. The number of carbonyl (C=O) groups excluding carboxylic acids is 1. The molecule has 0 saturated heterocycles. The van der Waals surface area contributed by atoms with E-state index in [0.29, 0.717) is 5.56 Å². The average molecular weight is 294 g/mol. The third kappa shape index (κ3) is 3.31. The third-order valence-electron chi connectivity index (χ3n) is 3.07. The Morgan fingerprint density at radius 1 is 1.00 bits per heavy atom. The summed E-state index contributed by atoms with van der Waals surface area (Å²) in [5.41, 5.74) is -0.823. The minimum atomic E-state index is -4.58. The molecule has 2 aromatic rings. The molecule has 2 nitrogen and oxygen atoms in total. The van der Waals surface area contributed by atoms with Crippen LogP contribution in [0.2, 0.25) is 0 Å². The minimum absolute atomic E-state index is 0.388. The van der Waals surface area contributed by atoms with Gasteiger partial charge in [-0.1, -0.05) is 48.5 Å². The van der Waals surface area contributed by atoms with Crippen LogP contribution in [0, 0.1) is 0 Å². The van der Waals surface area contributed by atoms with E-state index < -0.39 is 23.6 Å². The van der Waals surface area contributed by atoms with Crippen molar-refractivity contribution in [2.24, 2.45) is 0 Å². The van der Waals surface area contributed by atoms with Crippen LogP contribution in [0.15, 0.2) is 54.6 Å². The topological polar surface area (TPSA) is 26.3 Å². The summed E-state index contributed by atoms with van der Waals surface area (Å²) in [6, 6.07) is 13.2. The van der Waals surface area contributed by atoms with E-state index in [1.165, 1.54) is 25.3 Å². The Labute approximate surface area is 120 Å². The van der Waals surface area contributed by atoms with Crippen LogP contribution in [0.5, 0.6) is 0 Å². The highest BCUT2D eigenvalue weighted by Gasteiger charge is 2.36. The lowest BCUT2D eigenvalue weighted by molar-refractivity contribution is -0.138. The summed E-state index contributed by atoms with van der Waals surface area (Å²) >= 11 is 0. The lowest BCUT2D eigenvalue weighted by Crippen LogP contribution is -2.19. The molecule has 0 saturated carbocycles. The van der Waals surface area contributed by atoms with E-state index in [-0.39, 0.29) is 5.56 Å². The summed E-state index contributed by atoms with van der Waals surface area (Å²) in [6.45, 7) is 0. The van der Waals surface area contributed by atoms with Crippen molar-refractivity contribution >= 4 is 5.78 Å². The first-order chi connectivity index (χ1) is 9.95. The van der Waals surface area contributed by atoms with Gasteiger partial charge in [0, 0.05) is 12.7 Å². The molecule has 0 radical (unpaired) electrons. The summed E-state index contributed by atoms with van der Waals surface area (Å²) in [4.78, 5) is 12.4. The number of ether oxygens (including phenoxy) is 1. The smallest absolute Gasteiger partial charge is 0.369 e. The fraction of sp³-hybridized carbons (Fsp3) is 0.188. The standard InChI is InChI=1S/C16H13F3O2/c1-21-15(11-7-3-2-4-8-11)14(20)12-9-5-6-10-13(12)16(17,18)19/h2-10,15H,1H3. The molecule has 1 atom stereocenters. The number of methoxy groups -OCH3 is 1. The van der Waals surface area contributed by atoms with Gasteiger partial charge in [0.25, 0.3) is 0 Å². The van der Waals surface area contributed by atoms with Crippen LogP contribution in [0.25, 0.3) is 0 Å². The van der Waals surface area contributed by atoms with Crippen LogP contribution < -0.4 is 0 Å². The van der Waals surface area contributed by atoms with Gasteiger partial charge in [-0.05, 0) is 11.6 Å². The normalized spacial score (nSPS) is 13.0. The van der Waals surface area contributed by atoms with Crippen molar-refractivity contribution < 1.29 is 22.7 Å². The molecule has 2 rings (SSSR count). The number of hydrogen-bond donors (Lipinski definition) is 0. The number of alkyl halides is 3. The van der Waals surface area contributed by atoms with Gasteiger partial charge in [0.15, 0.2) is 5.78 Å². The average Bonchev–Trinajstić information content (AvgIpc) is 2.48. The van der Waals surface area contributed by atoms with E-state index in [2.05, 4.69) is 0 Å². The molecule has 1 unspecified atom stereocenters. The zero-order valence-electron chi connectivity index (χ0n) is 11.2. The maximum atomic E-state index is 13.0. The molecule has 21 heavy (non-hydrogen) atoms. The summed E-state index contributed by atoms with van der Waals surface area (Å²) < 4.78 is 44.1. The van der Waals surface area contributed by atoms with Gasteiger partial charge < -0.3 is 4.74 Å². The van der Waals surface area contributed by atoms with Gasteiger partial charge in [-0.2, -0.15) is 13.2 Å². The zero-order chi connectivity index (χ0) is 15.5. The Balaban J connectivity index is 2.44. The van der Waals surface area contributed by atoms with E-state index in [0.717, 1.165) is 6.07 Å². The quantitative estimate of drug-likeness (QED) is 0.787. The molecule has 2 aromatic carbocycles. The van der Waals surface area contributed by atoms with Gasteiger partial charge in [0.2, 0.25) is 0 Å². The SMILES string of the molecule is COC(C(=O)c1ccccc1C(F)(F)F)c1ccccc1. The van der Waals surface area contributed by atoms with Gasteiger partial charge in [0.1, 0.15) is 6.10 Å². The predicted molar refractivity (Wildman–Crippen MR) is 72.0 cm³/mol.